The molecule has 1 aliphatic rings. The molecule has 0 radical (unpaired) electrons. The standard InChI is InChI=1S/C4H7N.Na.H/c1-2-4-5-3-1;;/h3H,1-2,4H2;;/q;+1;-1. The van der Waals surface area contributed by atoms with E-state index in [-0.39, 0.29) is 31.0 Å². The van der Waals surface area contributed by atoms with Gasteiger partial charge in [0.25, 0.3) is 0 Å². The zero-order valence-corrected chi connectivity index (χ0v) is 6.15. The van der Waals surface area contributed by atoms with Crippen LogP contribution in [0.2, 0.25) is 0 Å². The molecule has 0 aromatic rings. The van der Waals surface area contributed by atoms with Crippen LogP contribution in [-0.4, -0.2) is 12.8 Å². The Hall–Kier alpha value is 0.670. The molecule has 0 aromatic carbocycles. The van der Waals surface area contributed by atoms with Crippen molar-refractivity contribution in [2.75, 3.05) is 6.54 Å². The predicted molar refractivity (Wildman–Crippen MR) is 23.7 cm³/mol. The van der Waals surface area contributed by atoms with Gasteiger partial charge in [0, 0.05) is 6.54 Å². The third-order valence-electron chi connectivity index (χ3n) is 0.750. The minimum absolute atomic E-state index is 0. The first-order valence-electron chi connectivity index (χ1n) is 1.98. The van der Waals surface area contributed by atoms with Crippen molar-refractivity contribution in [1.29, 1.82) is 0 Å². The molecule has 0 spiro atoms. The van der Waals surface area contributed by atoms with E-state index in [1.807, 2.05) is 6.21 Å². The van der Waals surface area contributed by atoms with Crippen molar-refractivity contribution in [3.05, 3.63) is 0 Å². The van der Waals surface area contributed by atoms with Crippen molar-refractivity contribution in [3.63, 3.8) is 0 Å². The van der Waals surface area contributed by atoms with Gasteiger partial charge in [-0.2, -0.15) is 0 Å². The summed E-state index contributed by atoms with van der Waals surface area (Å²) in [6.45, 7) is 1.07. The van der Waals surface area contributed by atoms with E-state index < -0.39 is 0 Å². The second kappa shape index (κ2) is 3.85. The first-order chi connectivity index (χ1) is 2.50. The molecule has 2 heteroatoms. The summed E-state index contributed by atoms with van der Waals surface area (Å²) in [5.74, 6) is 0. The van der Waals surface area contributed by atoms with E-state index in [0.717, 1.165) is 6.54 Å². The Morgan fingerprint density at radius 2 is 2.50 bits per heavy atom. The van der Waals surface area contributed by atoms with Gasteiger partial charge in [0.1, 0.15) is 0 Å². The predicted octanol–water partition coefficient (Wildman–Crippen LogP) is -2.03. The minimum atomic E-state index is 0. The van der Waals surface area contributed by atoms with Crippen LogP contribution in [0.3, 0.4) is 0 Å². The molecule has 0 fully saturated rings. The summed E-state index contributed by atoms with van der Waals surface area (Å²) in [5, 5.41) is 0. The third kappa shape index (κ3) is 1.96. The molecular formula is C4H8NNa. The van der Waals surface area contributed by atoms with Crippen LogP contribution in [0.15, 0.2) is 4.99 Å². The smallest absolute Gasteiger partial charge is 1.00 e. The summed E-state index contributed by atoms with van der Waals surface area (Å²) in [6, 6.07) is 0. The Morgan fingerprint density at radius 1 is 1.67 bits per heavy atom. The van der Waals surface area contributed by atoms with Gasteiger partial charge < -0.3 is 1.43 Å². The van der Waals surface area contributed by atoms with Crippen LogP contribution in [0, 0.1) is 0 Å². The SMILES string of the molecule is C1=NCCC1.[H-].[Na+]. The monoisotopic (exact) mass is 93.1 g/mol. The van der Waals surface area contributed by atoms with Crippen molar-refractivity contribution in [2.45, 2.75) is 12.8 Å². The van der Waals surface area contributed by atoms with Crippen molar-refractivity contribution >= 4 is 6.21 Å². The maximum absolute atomic E-state index is 3.96. The molecule has 6 heavy (non-hydrogen) atoms. The molecule has 1 nitrogen and oxygen atoms in total. The first-order valence-corrected chi connectivity index (χ1v) is 1.98. The Bertz CT molecular complexity index is 49.7. The fourth-order valence-corrected chi connectivity index (χ4v) is 0.456. The van der Waals surface area contributed by atoms with Gasteiger partial charge in [-0.15, -0.1) is 0 Å². The van der Waals surface area contributed by atoms with Gasteiger partial charge in [-0.3, -0.25) is 4.99 Å². The van der Waals surface area contributed by atoms with Crippen LogP contribution in [0.5, 0.6) is 0 Å². The molecule has 0 atom stereocenters. The summed E-state index contributed by atoms with van der Waals surface area (Å²) in [5.41, 5.74) is 0. The Balaban J connectivity index is 0. The normalized spacial score (nSPS) is 17.3. The Labute approximate surface area is 61.6 Å². The van der Waals surface area contributed by atoms with Gasteiger partial charge in [0.15, 0.2) is 0 Å². The average Bonchev–Trinajstić information content (AvgIpc) is 1.76. The molecule has 0 aliphatic carbocycles. The molecule has 0 unspecified atom stereocenters. The van der Waals surface area contributed by atoms with E-state index in [4.69, 9.17) is 0 Å². The van der Waals surface area contributed by atoms with Gasteiger partial charge in [0.05, 0.1) is 0 Å². The van der Waals surface area contributed by atoms with E-state index in [1.165, 1.54) is 12.8 Å². The molecule has 1 heterocycles. The van der Waals surface area contributed by atoms with Gasteiger partial charge >= 0.3 is 29.6 Å². The molecule has 30 valence electrons. The van der Waals surface area contributed by atoms with Crippen LogP contribution in [0.4, 0.5) is 0 Å². The molecule has 0 N–H and O–H groups in total. The fraction of sp³-hybridized carbons (Fsp3) is 0.750. The summed E-state index contributed by atoms with van der Waals surface area (Å²) in [7, 11) is 0. The largest absolute Gasteiger partial charge is 1.00 e. The number of hydrogen-bond acceptors (Lipinski definition) is 1. The zero-order valence-electron chi connectivity index (χ0n) is 5.15. The third-order valence-corrected chi connectivity index (χ3v) is 0.750. The van der Waals surface area contributed by atoms with E-state index in [2.05, 4.69) is 4.99 Å². The molecule has 0 aromatic heterocycles. The quantitative estimate of drug-likeness (QED) is 0.306. The molecule has 1 rings (SSSR count). The van der Waals surface area contributed by atoms with Gasteiger partial charge in [-0.1, -0.05) is 0 Å². The summed E-state index contributed by atoms with van der Waals surface area (Å²) in [6.07, 6.45) is 4.47. The van der Waals surface area contributed by atoms with E-state index >= 15 is 0 Å². The molecule has 0 bridgehead atoms. The van der Waals surface area contributed by atoms with Crippen molar-refractivity contribution in [1.82, 2.24) is 0 Å². The second-order valence-electron chi connectivity index (χ2n) is 1.23. The van der Waals surface area contributed by atoms with Crippen molar-refractivity contribution in [2.24, 2.45) is 4.99 Å². The number of hydrogen-bond donors (Lipinski definition) is 0. The first kappa shape index (κ1) is 6.67. The van der Waals surface area contributed by atoms with Crippen LogP contribution < -0.4 is 29.6 Å². The van der Waals surface area contributed by atoms with Crippen molar-refractivity contribution in [3.8, 4) is 0 Å². The molecule has 0 saturated heterocycles. The fourth-order valence-electron chi connectivity index (χ4n) is 0.456. The van der Waals surface area contributed by atoms with Crippen molar-refractivity contribution < 1.29 is 31.0 Å². The second-order valence-corrected chi connectivity index (χ2v) is 1.23. The van der Waals surface area contributed by atoms with Crippen LogP contribution in [0.1, 0.15) is 14.3 Å². The topological polar surface area (TPSA) is 12.4 Å². The molecule has 1 aliphatic heterocycles. The maximum atomic E-state index is 3.96. The summed E-state index contributed by atoms with van der Waals surface area (Å²) < 4.78 is 0. The van der Waals surface area contributed by atoms with E-state index in [0.29, 0.717) is 0 Å². The van der Waals surface area contributed by atoms with Gasteiger partial charge in [-0.25, -0.2) is 0 Å². The Kier molecular flexibility index (Phi) is 4.28. The van der Waals surface area contributed by atoms with Crippen LogP contribution in [0.25, 0.3) is 0 Å². The molecular weight excluding hydrogens is 85.0 g/mol. The number of nitrogens with zero attached hydrogens (tertiary/aromatic N) is 1. The maximum Gasteiger partial charge on any atom is 1.00 e. The van der Waals surface area contributed by atoms with E-state index in [9.17, 15) is 0 Å². The van der Waals surface area contributed by atoms with Crippen LogP contribution >= 0.6 is 0 Å². The van der Waals surface area contributed by atoms with Gasteiger partial charge in [0.2, 0.25) is 0 Å². The minimum Gasteiger partial charge on any atom is -1.00 e. The summed E-state index contributed by atoms with van der Waals surface area (Å²) >= 11 is 0. The summed E-state index contributed by atoms with van der Waals surface area (Å²) in [4.78, 5) is 3.96. The Morgan fingerprint density at radius 3 is 2.67 bits per heavy atom. The van der Waals surface area contributed by atoms with E-state index in [1.54, 1.807) is 0 Å². The molecule has 0 saturated carbocycles. The van der Waals surface area contributed by atoms with Crippen LogP contribution in [-0.2, 0) is 0 Å². The van der Waals surface area contributed by atoms with Gasteiger partial charge in [-0.05, 0) is 19.1 Å². The zero-order chi connectivity index (χ0) is 3.54. The number of rotatable bonds is 0. The average molecular weight is 93.1 g/mol. The number of aliphatic imine (C=N–C) groups is 1. The molecule has 0 amide bonds.